The van der Waals surface area contributed by atoms with Gasteiger partial charge in [0, 0.05) is 58.4 Å². The fraction of sp³-hybridized carbons (Fsp3) is 0.128. The van der Waals surface area contributed by atoms with Crippen molar-refractivity contribution < 1.29 is 19.1 Å². The summed E-state index contributed by atoms with van der Waals surface area (Å²) >= 11 is 20.1. The Morgan fingerprint density at radius 3 is 2.47 bits per heavy atom. The van der Waals surface area contributed by atoms with E-state index in [0.29, 0.717) is 61.2 Å². The number of benzene rings is 3. The summed E-state index contributed by atoms with van der Waals surface area (Å²) in [4.78, 5) is 34.2. The van der Waals surface area contributed by atoms with Crippen molar-refractivity contribution in [1.82, 2.24) is 19.9 Å². The van der Waals surface area contributed by atoms with Crippen LogP contribution in [-0.2, 0) is 18.0 Å². The summed E-state index contributed by atoms with van der Waals surface area (Å²) in [7, 11) is 1.56. The van der Waals surface area contributed by atoms with Gasteiger partial charge in [-0.05, 0) is 73.2 Å². The predicted octanol–water partition coefficient (Wildman–Crippen LogP) is 8.49. The second-order valence-electron chi connectivity index (χ2n) is 11.5. The molecule has 0 saturated heterocycles. The minimum Gasteiger partial charge on any atom is -0.487 e. The Balaban J connectivity index is 1.23. The molecule has 0 aliphatic heterocycles. The fourth-order valence-corrected chi connectivity index (χ4v) is 6.23. The van der Waals surface area contributed by atoms with Crippen LogP contribution in [0.1, 0.15) is 44.6 Å². The highest BCUT2D eigenvalue weighted by atomic mass is 35.5. The molecule has 3 heterocycles. The zero-order chi connectivity index (χ0) is 36.1. The molecule has 0 fully saturated rings. The van der Waals surface area contributed by atoms with E-state index in [2.05, 4.69) is 10.3 Å². The number of nitrogens with one attached hydrogen (secondary N) is 1. The molecule has 6 aromatic rings. The van der Waals surface area contributed by atoms with Crippen LogP contribution in [0.15, 0.2) is 103 Å². The molecule has 258 valence electrons. The van der Waals surface area contributed by atoms with E-state index in [1.165, 1.54) is 6.08 Å². The van der Waals surface area contributed by atoms with E-state index in [0.717, 1.165) is 22.3 Å². The molecular formula is C39H32Cl3N5O4. The Kier molecular flexibility index (Phi) is 11.0. The summed E-state index contributed by atoms with van der Waals surface area (Å²) in [5.74, 6) is 0.610. The van der Waals surface area contributed by atoms with Gasteiger partial charge in [0.25, 0.3) is 5.91 Å². The lowest BCUT2D eigenvalue weighted by Gasteiger charge is -2.18. The maximum absolute atomic E-state index is 13.2. The number of ketones is 1. The van der Waals surface area contributed by atoms with Gasteiger partial charge in [-0.3, -0.25) is 14.6 Å². The number of amides is 1. The Bertz CT molecular complexity index is 2260. The van der Waals surface area contributed by atoms with Gasteiger partial charge in [0.05, 0.1) is 21.4 Å². The number of pyridine rings is 2. The van der Waals surface area contributed by atoms with Crippen LogP contribution in [-0.4, -0.2) is 33.3 Å². The van der Waals surface area contributed by atoms with Crippen LogP contribution >= 0.6 is 34.8 Å². The number of rotatable bonds is 12. The largest absolute Gasteiger partial charge is 0.487 e. The topological polar surface area (TPSA) is 121 Å². The van der Waals surface area contributed by atoms with Gasteiger partial charge in [-0.2, -0.15) is 0 Å². The number of ether oxygens (including phenoxy) is 2. The van der Waals surface area contributed by atoms with Gasteiger partial charge in [-0.1, -0.05) is 65.1 Å². The van der Waals surface area contributed by atoms with Crippen molar-refractivity contribution in [3.63, 3.8) is 0 Å². The lowest BCUT2D eigenvalue weighted by Crippen LogP contribution is -2.22. The number of aryl methyl sites for hydroxylation is 1. The SMILES string of the molecule is CNC(=O)c1ccc(/C=C/C(=O)C(N)c2cc(Cl)cn2-c2ccc(Cl)c(COc3cccc4c(OCc5ccccn5)cc(C)nc34)c2Cl)cc1. The van der Waals surface area contributed by atoms with E-state index in [-0.39, 0.29) is 18.3 Å². The monoisotopic (exact) mass is 739 g/mol. The third-order valence-corrected chi connectivity index (χ3v) is 9.06. The Labute approximate surface area is 309 Å². The van der Waals surface area contributed by atoms with E-state index in [1.54, 1.807) is 72.5 Å². The summed E-state index contributed by atoms with van der Waals surface area (Å²) in [6, 6.07) is 24.0. The summed E-state index contributed by atoms with van der Waals surface area (Å²) in [5.41, 5.74) is 11.3. The smallest absolute Gasteiger partial charge is 0.251 e. The first kappa shape index (κ1) is 35.6. The highest BCUT2D eigenvalue weighted by molar-refractivity contribution is 6.37. The first-order chi connectivity index (χ1) is 24.6. The molecule has 6 rings (SSSR count). The molecule has 51 heavy (non-hydrogen) atoms. The van der Waals surface area contributed by atoms with Crippen LogP contribution < -0.4 is 20.5 Å². The van der Waals surface area contributed by atoms with Crippen molar-refractivity contribution in [3.05, 3.63) is 152 Å². The van der Waals surface area contributed by atoms with E-state index in [9.17, 15) is 9.59 Å². The molecule has 3 N–H and O–H groups in total. The molecule has 0 aliphatic carbocycles. The normalized spacial score (nSPS) is 11.9. The Morgan fingerprint density at radius 1 is 0.941 bits per heavy atom. The van der Waals surface area contributed by atoms with Gasteiger partial charge >= 0.3 is 0 Å². The number of nitrogens with zero attached hydrogens (tertiary/aromatic N) is 3. The van der Waals surface area contributed by atoms with Gasteiger partial charge in [-0.25, -0.2) is 4.98 Å². The highest BCUT2D eigenvalue weighted by Crippen LogP contribution is 2.37. The first-order valence-electron chi connectivity index (χ1n) is 15.8. The molecule has 1 amide bonds. The number of aromatic nitrogens is 3. The molecular weight excluding hydrogens is 709 g/mol. The first-order valence-corrected chi connectivity index (χ1v) is 17.0. The Morgan fingerprint density at radius 2 is 1.73 bits per heavy atom. The van der Waals surface area contributed by atoms with Crippen molar-refractivity contribution in [2.75, 3.05) is 7.05 Å². The van der Waals surface area contributed by atoms with Gasteiger partial charge in [0.2, 0.25) is 0 Å². The number of hydrogen-bond donors (Lipinski definition) is 2. The van der Waals surface area contributed by atoms with Crippen molar-refractivity contribution in [2.24, 2.45) is 5.73 Å². The van der Waals surface area contributed by atoms with Crippen LogP contribution in [0.5, 0.6) is 11.5 Å². The summed E-state index contributed by atoms with van der Waals surface area (Å²) in [6.07, 6.45) is 6.38. The van der Waals surface area contributed by atoms with Crippen molar-refractivity contribution >= 4 is 63.5 Å². The predicted molar refractivity (Wildman–Crippen MR) is 201 cm³/mol. The van der Waals surface area contributed by atoms with E-state index in [1.807, 2.05) is 49.4 Å². The average Bonchev–Trinajstić information content (AvgIpc) is 3.53. The molecule has 3 aromatic carbocycles. The van der Waals surface area contributed by atoms with E-state index >= 15 is 0 Å². The number of fused-ring (bicyclic) bond motifs is 1. The zero-order valence-corrected chi connectivity index (χ0v) is 29.8. The average molecular weight is 741 g/mol. The third kappa shape index (κ3) is 8.08. The minimum absolute atomic E-state index is 0.0150. The van der Waals surface area contributed by atoms with Crippen LogP contribution in [0, 0.1) is 6.92 Å². The molecule has 3 aromatic heterocycles. The zero-order valence-electron chi connectivity index (χ0n) is 27.6. The van der Waals surface area contributed by atoms with Crippen LogP contribution in [0.2, 0.25) is 15.1 Å². The minimum atomic E-state index is -1.07. The summed E-state index contributed by atoms with van der Waals surface area (Å²) in [6.45, 7) is 2.20. The van der Waals surface area contributed by atoms with Gasteiger partial charge < -0.3 is 25.1 Å². The maximum Gasteiger partial charge on any atom is 0.251 e. The van der Waals surface area contributed by atoms with Gasteiger partial charge in [0.1, 0.15) is 36.3 Å². The van der Waals surface area contributed by atoms with Gasteiger partial charge in [-0.15, -0.1) is 0 Å². The van der Waals surface area contributed by atoms with Crippen molar-refractivity contribution in [1.29, 1.82) is 0 Å². The number of halogens is 3. The molecule has 0 bridgehead atoms. The highest BCUT2D eigenvalue weighted by Gasteiger charge is 2.22. The molecule has 0 spiro atoms. The molecule has 9 nitrogen and oxygen atoms in total. The molecule has 1 unspecified atom stereocenters. The van der Waals surface area contributed by atoms with Crippen LogP contribution in [0.3, 0.4) is 0 Å². The van der Waals surface area contributed by atoms with Crippen molar-refractivity contribution in [2.45, 2.75) is 26.2 Å². The second kappa shape index (κ2) is 15.8. The summed E-state index contributed by atoms with van der Waals surface area (Å²) in [5, 5.41) is 4.40. The third-order valence-electron chi connectivity index (χ3n) is 8.07. The fourth-order valence-electron chi connectivity index (χ4n) is 5.45. The molecule has 0 radical (unpaired) electrons. The Hall–Kier alpha value is -5.19. The van der Waals surface area contributed by atoms with Crippen LogP contribution in [0.25, 0.3) is 22.7 Å². The van der Waals surface area contributed by atoms with Gasteiger partial charge in [0.15, 0.2) is 5.78 Å². The molecule has 1 atom stereocenters. The number of para-hydroxylation sites is 1. The number of nitrogens with two attached hydrogens (primary N) is 1. The van der Waals surface area contributed by atoms with E-state index in [4.69, 9.17) is 55.0 Å². The number of carbonyl (C=O) groups excluding carboxylic acids is 2. The molecule has 0 saturated carbocycles. The number of carbonyl (C=O) groups is 2. The second-order valence-corrected chi connectivity index (χ2v) is 12.8. The summed E-state index contributed by atoms with van der Waals surface area (Å²) < 4.78 is 14.1. The number of hydrogen-bond acceptors (Lipinski definition) is 7. The van der Waals surface area contributed by atoms with Crippen LogP contribution in [0.4, 0.5) is 0 Å². The maximum atomic E-state index is 13.2. The standard InChI is InChI=1S/C39H32Cl3N5O4/c1-23-18-35(50-21-27-6-3-4-17-45-27)28-7-5-8-34(38(28)46-23)51-22-29-30(41)14-15-31(36(29)42)47-20-26(40)19-32(47)37(43)33(48)16-11-24-9-12-25(13-10-24)39(49)44-2/h3-20,37H,21-22,43H2,1-2H3,(H,44,49)/b16-11+. The van der Waals surface area contributed by atoms with Crippen molar-refractivity contribution in [3.8, 4) is 17.2 Å². The lowest BCUT2D eigenvalue weighted by molar-refractivity contribution is -0.115. The molecule has 12 heteroatoms. The van der Waals surface area contributed by atoms with E-state index < -0.39 is 6.04 Å². The lowest BCUT2D eigenvalue weighted by atomic mass is 10.1. The quantitative estimate of drug-likeness (QED) is 0.121. The molecule has 0 aliphatic rings.